The Morgan fingerprint density at radius 2 is 0.795 bits per heavy atom. The molecule has 4 rings (SSSR count). The van der Waals surface area contributed by atoms with Gasteiger partial charge in [0, 0.05) is 6.42 Å². The van der Waals surface area contributed by atoms with Crippen molar-refractivity contribution in [3.8, 4) is 51.7 Å². The number of hydrogen-bond acceptors (Lipinski definition) is 17. The summed E-state index contributed by atoms with van der Waals surface area (Å²) in [5.74, 6) is -12.6. The van der Waals surface area contributed by atoms with Gasteiger partial charge in [-0.15, -0.1) is 0 Å². The van der Waals surface area contributed by atoms with Crippen molar-refractivity contribution < 1.29 is 84.8 Å². The Bertz CT molecular complexity index is 1560. The number of hydrogen-bond donors (Lipinski definition) is 11. The lowest BCUT2D eigenvalue weighted by atomic mass is 9.86. The van der Waals surface area contributed by atoms with Crippen LogP contribution in [0.3, 0.4) is 0 Å². The molecule has 0 unspecified atom stereocenters. The number of carbonyl (C=O) groups excluding carboxylic acids is 3. The van der Waals surface area contributed by atoms with Crippen molar-refractivity contribution in [3.63, 3.8) is 0 Å². The normalized spacial score (nSPS) is 21.3. The quantitative estimate of drug-likeness (QED) is 0.0991. The van der Waals surface area contributed by atoms with Crippen LogP contribution in [0.15, 0.2) is 36.4 Å². The topological polar surface area (TPSA) is 301 Å². The Morgan fingerprint density at radius 3 is 1.14 bits per heavy atom. The van der Waals surface area contributed by atoms with Crippen molar-refractivity contribution in [2.45, 2.75) is 36.9 Å². The second kappa shape index (κ2) is 11.8. The molecule has 17 heteroatoms. The van der Waals surface area contributed by atoms with Gasteiger partial charge in [-0.05, 0) is 36.4 Å². The number of aliphatic hydroxyl groups is 2. The first-order chi connectivity index (χ1) is 20.6. The maximum absolute atomic E-state index is 13.0. The summed E-state index contributed by atoms with van der Waals surface area (Å²) in [6.45, 7) is 0. The number of aromatic hydroxyl groups is 9. The van der Waals surface area contributed by atoms with Gasteiger partial charge < -0.3 is 70.4 Å². The number of carbonyl (C=O) groups is 3. The van der Waals surface area contributed by atoms with E-state index in [0.717, 1.165) is 0 Å². The molecule has 0 spiro atoms. The molecule has 234 valence electrons. The van der Waals surface area contributed by atoms with Gasteiger partial charge in [-0.1, -0.05) is 0 Å². The van der Waals surface area contributed by atoms with E-state index in [9.17, 15) is 70.6 Å². The maximum Gasteiger partial charge on any atom is 0.338 e. The lowest BCUT2D eigenvalue weighted by Gasteiger charge is -2.41. The SMILES string of the molecule is O=C(O[C@@H]1[C@@H](OC(=O)c2cc(O)c(O)c(O)c2)[C@@H](O)[C@H](O)C[C@H]1OC(=O)c1cc(O)c(O)c(O)c1)c1cc(O)c(O)c(O)c1. The lowest BCUT2D eigenvalue weighted by molar-refractivity contribution is -0.180. The number of esters is 3. The molecule has 1 saturated carbocycles. The molecule has 0 heterocycles. The molecule has 0 radical (unpaired) electrons. The highest BCUT2D eigenvalue weighted by molar-refractivity contribution is 5.93. The average Bonchev–Trinajstić information content (AvgIpc) is 2.96. The Morgan fingerprint density at radius 1 is 0.500 bits per heavy atom. The van der Waals surface area contributed by atoms with Crippen LogP contribution in [0, 0.1) is 0 Å². The molecule has 0 aromatic heterocycles. The van der Waals surface area contributed by atoms with Crippen molar-refractivity contribution in [1.82, 2.24) is 0 Å². The van der Waals surface area contributed by atoms with Gasteiger partial charge in [0.15, 0.2) is 64.0 Å². The molecule has 5 atom stereocenters. The molecular formula is C27H24O17. The fourth-order valence-electron chi connectivity index (χ4n) is 4.29. The Labute approximate surface area is 244 Å². The van der Waals surface area contributed by atoms with E-state index in [2.05, 4.69) is 0 Å². The predicted octanol–water partition coefficient (Wildman–Crippen LogP) is 0.139. The van der Waals surface area contributed by atoms with Crippen molar-refractivity contribution in [2.24, 2.45) is 0 Å². The second-order valence-corrected chi connectivity index (χ2v) is 9.57. The Balaban J connectivity index is 1.71. The fourth-order valence-corrected chi connectivity index (χ4v) is 4.29. The first kappa shape index (κ1) is 31.1. The molecule has 44 heavy (non-hydrogen) atoms. The molecule has 11 N–H and O–H groups in total. The molecule has 0 amide bonds. The van der Waals surface area contributed by atoms with Crippen molar-refractivity contribution in [1.29, 1.82) is 0 Å². The van der Waals surface area contributed by atoms with Crippen LogP contribution in [0.25, 0.3) is 0 Å². The molecule has 3 aromatic carbocycles. The van der Waals surface area contributed by atoms with Crippen LogP contribution >= 0.6 is 0 Å². The monoisotopic (exact) mass is 620 g/mol. The van der Waals surface area contributed by atoms with E-state index in [4.69, 9.17) is 14.2 Å². The van der Waals surface area contributed by atoms with Crippen molar-refractivity contribution in [2.75, 3.05) is 0 Å². The second-order valence-electron chi connectivity index (χ2n) is 9.57. The number of benzene rings is 3. The summed E-state index contributed by atoms with van der Waals surface area (Å²) in [4.78, 5) is 38.9. The molecule has 0 saturated heterocycles. The zero-order valence-electron chi connectivity index (χ0n) is 21.9. The highest BCUT2D eigenvalue weighted by Gasteiger charge is 2.50. The highest BCUT2D eigenvalue weighted by atomic mass is 16.6. The first-order valence-corrected chi connectivity index (χ1v) is 12.3. The summed E-state index contributed by atoms with van der Waals surface area (Å²) in [6.07, 6.45) is -10.3. The van der Waals surface area contributed by atoms with E-state index in [1.165, 1.54) is 0 Å². The van der Waals surface area contributed by atoms with Gasteiger partial charge in [-0.3, -0.25) is 0 Å². The molecule has 17 nitrogen and oxygen atoms in total. The van der Waals surface area contributed by atoms with Crippen LogP contribution < -0.4 is 0 Å². The third-order valence-corrected chi connectivity index (χ3v) is 6.56. The van der Waals surface area contributed by atoms with E-state index in [0.29, 0.717) is 36.4 Å². The minimum absolute atomic E-state index is 0.541. The van der Waals surface area contributed by atoms with Crippen LogP contribution in [0.4, 0.5) is 0 Å². The Hall–Kier alpha value is -5.81. The van der Waals surface area contributed by atoms with Crippen LogP contribution in [0.2, 0.25) is 0 Å². The summed E-state index contributed by atoms with van der Waals surface area (Å²) in [5, 5.41) is 109. The van der Waals surface area contributed by atoms with E-state index in [1.807, 2.05) is 0 Å². The van der Waals surface area contributed by atoms with Crippen LogP contribution in [-0.2, 0) is 14.2 Å². The number of rotatable bonds is 6. The third-order valence-electron chi connectivity index (χ3n) is 6.56. The summed E-state index contributed by atoms with van der Waals surface area (Å²) >= 11 is 0. The lowest BCUT2D eigenvalue weighted by Crippen LogP contribution is -2.59. The van der Waals surface area contributed by atoms with Gasteiger partial charge in [0.1, 0.15) is 12.2 Å². The smallest absolute Gasteiger partial charge is 0.338 e. The van der Waals surface area contributed by atoms with Gasteiger partial charge in [-0.25, -0.2) is 14.4 Å². The summed E-state index contributed by atoms with van der Waals surface area (Å²) in [6, 6.07) is 4.11. The number of ether oxygens (including phenoxy) is 3. The van der Waals surface area contributed by atoms with Gasteiger partial charge in [0.2, 0.25) is 0 Å². The van der Waals surface area contributed by atoms with E-state index < -0.39 is 123 Å². The molecule has 0 aliphatic heterocycles. The van der Waals surface area contributed by atoms with Crippen LogP contribution in [0.5, 0.6) is 51.7 Å². The van der Waals surface area contributed by atoms with Crippen molar-refractivity contribution >= 4 is 17.9 Å². The van der Waals surface area contributed by atoms with E-state index in [1.54, 1.807) is 0 Å². The van der Waals surface area contributed by atoms with Crippen LogP contribution in [-0.4, -0.2) is 105 Å². The zero-order chi connectivity index (χ0) is 32.6. The number of phenolic OH excluding ortho intramolecular Hbond substituents is 9. The van der Waals surface area contributed by atoms with Gasteiger partial charge in [-0.2, -0.15) is 0 Å². The van der Waals surface area contributed by atoms with E-state index >= 15 is 0 Å². The minimum atomic E-state index is -2.06. The summed E-state index contributed by atoms with van der Waals surface area (Å²) < 4.78 is 15.9. The fraction of sp³-hybridized carbons (Fsp3) is 0.222. The molecule has 1 fully saturated rings. The van der Waals surface area contributed by atoms with Crippen molar-refractivity contribution in [3.05, 3.63) is 53.1 Å². The largest absolute Gasteiger partial charge is 0.504 e. The molecule has 3 aromatic rings. The molecule has 1 aliphatic carbocycles. The minimum Gasteiger partial charge on any atom is -0.504 e. The molecule has 1 aliphatic rings. The van der Waals surface area contributed by atoms with Gasteiger partial charge in [0.05, 0.1) is 22.8 Å². The molecular weight excluding hydrogens is 596 g/mol. The Kier molecular flexibility index (Phi) is 8.36. The summed E-state index contributed by atoms with van der Waals surface area (Å²) in [7, 11) is 0. The highest BCUT2D eigenvalue weighted by Crippen LogP contribution is 2.39. The molecule has 0 bridgehead atoms. The predicted molar refractivity (Wildman–Crippen MR) is 139 cm³/mol. The summed E-state index contributed by atoms with van der Waals surface area (Å²) in [5.41, 5.74) is -1.72. The third kappa shape index (κ3) is 6.03. The zero-order valence-corrected chi connectivity index (χ0v) is 21.9. The maximum atomic E-state index is 13.0. The standard InChI is InChI=1S/C27H24O17/c28-11-1-8(2-12(29)19(11)35)25(39)42-18-7-17(34)22(38)24(44-27(41)10-5-15(32)21(37)16(33)6-10)23(18)43-26(40)9-3-13(30)20(36)14(31)4-9/h1-6,17-18,22-24,28-38H,7H2/t17-,18-,22+,23+,24+/m1/s1. The van der Waals surface area contributed by atoms with E-state index in [-0.39, 0.29) is 0 Å². The number of phenols is 9. The van der Waals surface area contributed by atoms with Gasteiger partial charge in [0.25, 0.3) is 0 Å². The number of aliphatic hydroxyl groups excluding tert-OH is 2. The first-order valence-electron chi connectivity index (χ1n) is 12.3. The average molecular weight is 620 g/mol. The van der Waals surface area contributed by atoms with Gasteiger partial charge >= 0.3 is 17.9 Å². The van der Waals surface area contributed by atoms with Crippen LogP contribution in [0.1, 0.15) is 37.5 Å².